The molecule has 3 heteroatoms. The lowest BCUT2D eigenvalue weighted by atomic mass is 9.92. The Morgan fingerprint density at radius 2 is 2.06 bits per heavy atom. The van der Waals surface area contributed by atoms with E-state index in [0.29, 0.717) is 12.8 Å². The fourth-order valence-corrected chi connectivity index (χ4v) is 1.96. The predicted molar refractivity (Wildman–Crippen MR) is 64.2 cm³/mol. The number of morpholine rings is 1. The Kier molecular flexibility index (Phi) is 4.98. The molecule has 0 spiro atoms. The van der Waals surface area contributed by atoms with E-state index in [1.165, 1.54) is 0 Å². The molecule has 90 valence electrons. The van der Waals surface area contributed by atoms with Crippen molar-refractivity contribution in [3.8, 4) is 12.3 Å². The molecular formula is C13H21NO2. The first-order chi connectivity index (χ1) is 7.59. The van der Waals surface area contributed by atoms with E-state index in [2.05, 4.69) is 10.8 Å². The molecule has 1 saturated heterocycles. The zero-order valence-corrected chi connectivity index (χ0v) is 10.3. The molecule has 0 atom stereocenters. The first-order valence-corrected chi connectivity index (χ1v) is 5.88. The van der Waals surface area contributed by atoms with Crippen LogP contribution in [0.25, 0.3) is 0 Å². The van der Waals surface area contributed by atoms with Gasteiger partial charge in [0.25, 0.3) is 0 Å². The molecule has 1 fully saturated rings. The number of ether oxygens (including phenoxy) is 1. The van der Waals surface area contributed by atoms with Crippen molar-refractivity contribution in [1.82, 2.24) is 4.90 Å². The summed E-state index contributed by atoms with van der Waals surface area (Å²) in [6.07, 6.45) is 7.24. The summed E-state index contributed by atoms with van der Waals surface area (Å²) < 4.78 is 5.29. The number of hydrogen-bond donors (Lipinski definition) is 0. The molecule has 0 saturated carbocycles. The monoisotopic (exact) mass is 223 g/mol. The van der Waals surface area contributed by atoms with Crippen LogP contribution in [0.1, 0.15) is 33.1 Å². The Morgan fingerprint density at radius 3 is 2.62 bits per heavy atom. The third kappa shape index (κ3) is 3.33. The van der Waals surface area contributed by atoms with E-state index >= 15 is 0 Å². The van der Waals surface area contributed by atoms with E-state index in [1.807, 2.05) is 13.8 Å². The Hall–Kier alpha value is -0.850. The largest absolute Gasteiger partial charge is 0.379 e. The van der Waals surface area contributed by atoms with Gasteiger partial charge in [0.05, 0.1) is 18.8 Å². The fourth-order valence-electron chi connectivity index (χ4n) is 1.96. The van der Waals surface area contributed by atoms with Crippen LogP contribution < -0.4 is 0 Å². The molecule has 1 aliphatic rings. The molecule has 0 radical (unpaired) electrons. The van der Waals surface area contributed by atoms with E-state index in [4.69, 9.17) is 11.2 Å². The first-order valence-electron chi connectivity index (χ1n) is 5.88. The molecule has 1 heterocycles. The van der Waals surface area contributed by atoms with Crippen LogP contribution in [0.15, 0.2) is 0 Å². The van der Waals surface area contributed by atoms with Crippen molar-refractivity contribution >= 4 is 5.78 Å². The standard InChI is InChI=1S/C13H21NO2/c1-4-5-6-7-12(15)13(2,3)14-8-10-16-11-9-14/h1H,5-11H2,2-3H3. The second kappa shape index (κ2) is 6.03. The van der Waals surface area contributed by atoms with Crippen molar-refractivity contribution in [1.29, 1.82) is 0 Å². The van der Waals surface area contributed by atoms with Gasteiger partial charge in [-0.05, 0) is 20.3 Å². The maximum absolute atomic E-state index is 12.1. The molecule has 0 N–H and O–H groups in total. The number of terminal acetylenes is 1. The fraction of sp³-hybridized carbons (Fsp3) is 0.769. The molecule has 0 aromatic carbocycles. The zero-order valence-electron chi connectivity index (χ0n) is 10.3. The minimum atomic E-state index is -0.377. The number of Topliss-reactive ketones (excluding diaryl/α,β-unsaturated/α-hetero) is 1. The number of hydrogen-bond acceptors (Lipinski definition) is 3. The lowest BCUT2D eigenvalue weighted by molar-refractivity contribution is -0.132. The Morgan fingerprint density at radius 1 is 1.44 bits per heavy atom. The first kappa shape index (κ1) is 13.2. The van der Waals surface area contributed by atoms with Crippen molar-refractivity contribution in [2.75, 3.05) is 26.3 Å². The molecule has 0 amide bonds. The lowest BCUT2D eigenvalue weighted by Crippen LogP contribution is -2.54. The predicted octanol–water partition coefficient (Wildman–Crippen LogP) is 1.47. The highest BCUT2D eigenvalue weighted by Gasteiger charge is 2.34. The number of unbranched alkanes of at least 4 members (excludes halogenated alkanes) is 1. The van der Waals surface area contributed by atoms with Crippen LogP contribution in [-0.4, -0.2) is 42.5 Å². The van der Waals surface area contributed by atoms with E-state index in [-0.39, 0.29) is 11.3 Å². The van der Waals surface area contributed by atoms with Crippen LogP contribution in [0.3, 0.4) is 0 Å². The molecule has 0 aliphatic carbocycles. The average molecular weight is 223 g/mol. The van der Waals surface area contributed by atoms with Crippen molar-refractivity contribution in [3.05, 3.63) is 0 Å². The molecule has 1 aliphatic heterocycles. The topological polar surface area (TPSA) is 29.5 Å². The molecule has 16 heavy (non-hydrogen) atoms. The third-order valence-electron chi connectivity index (χ3n) is 3.21. The van der Waals surface area contributed by atoms with E-state index in [9.17, 15) is 4.79 Å². The van der Waals surface area contributed by atoms with Crippen LogP contribution in [-0.2, 0) is 9.53 Å². The van der Waals surface area contributed by atoms with Crippen LogP contribution in [0.4, 0.5) is 0 Å². The molecule has 0 aromatic heterocycles. The highest BCUT2D eigenvalue weighted by atomic mass is 16.5. The summed E-state index contributed by atoms with van der Waals surface area (Å²) in [5, 5.41) is 0. The molecule has 0 unspecified atom stereocenters. The normalized spacial score (nSPS) is 18.1. The van der Waals surface area contributed by atoms with E-state index in [0.717, 1.165) is 32.7 Å². The molecule has 1 rings (SSSR count). The summed E-state index contributed by atoms with van der Waals surface area (Å²) >= 11 is 0. The Bertz CT molecular complexity index is 272. The van der Waals surface area contributed by atoms with Crippen molar-refractivity contribution in [2.24, 2.45) is 0 Å². The smallest absolute Gasteiger partial charge is 0.152 e. The summed E-state index contributed by atoms with van der Waals surface area (Å²) in [6.45, 7) is 7.12. The maximum Gasteiger partial charge on any atom is 0.152 e. The van der Waals surface area contributed by atoms with Gasteiger partial charge in [-0.25, -0.2) is 0 Å². The SMILES string of the molecule is C#CCCCC(=O)C(C)(C)N1CCOCC1. The quantitative estimate of drug-likeness (QED) is 0.522. The second-order valence-electron chi connectivity index (χ2n) is 4.64. The maximum atomic E-state index is 12.1. The summed E-state index contributed by atoms with van der Waals surface area (Å²) in [7, 11) is 0. The summed E-state index contributed by atoms with van der Waals surface area (Å²) in [5.74, 6) is 2.85. The minimum absolute atomic E-state index is 0.282. The zero-order chi connectivity index (χ0) is 12.0. The van der Waals surface area contributed by atoms with Gasteiger partial charge in [-0.2, -0.15) is 0 Å². The average Bonchev–Trinajstić information content (AvgIpc) is 2.30. The minimum Gasteiger partial charge on any atom is -0.379 e. The van der Waals surface area contributed by atoms with Crippen LogP contribution in [0.2, 0.25) is 0 Å². The van der Waals surface area contributed by atoms with Gasteiger partial charge < -0.3 is 4.74 Å². The van der Waals surface area contributed by atoms with Gasteiger partial charge in [0, 0.05) is 25.9 Å². The van der Waals surface area contributed by atoms with Gasteiger partial charge in [0.15, 0.2) is 5.78 Å². The third-order valence-corrected chi connectivity index (χ3v) is 3.21. The molecule has 3 nitrogen and oxygen atoms in total. The van der Waals surface area contributed by atoms with E-state index < -0.39 is 0 Å². The van der Waals surface area contributed by atoms with Gasteiger partial charge in [-0.15, -0.1) is 12.3 Å². The summed E-state index contributed by atoms with van der Waals surface area (Å²) in [5.41, 5.74) is -0.377. The summed E-state index contributed by atoms with van der Waals surface area (Å²) in [6, 6.07) is 0. The number of rotatable bonds is 5. The highest BCUT2D eigenvalue weighted by molar-refractivity contribution is 5.87. The molecule has 0 aromatic rings. The Balaban J connectivity index is 2.47. The van der Waals surface area contributed by atoms with Crippen LogP contribution in [0, 0.1) is 12.3 Å². The van der Waals surface area contributed by atoms with Gasteiger partial charge in [0.2, 0.25) is 0 Å². The van der Waals surface area contributed by atoms with Gasteiger partial charge in [-0.1, -0.05) is 0 Å². The van der Waals surface area contributed by atoms with E-state index in [1.54, 1.807) is 0 Å². The number of nitrogens with zero attached hydrogens (tertiary/aromatic N) is 1. The Labute approximate surface area is 98.1 Å². The molecule has 0 bridgehead atoms. The number of carbonyl (C=O) groups excluding carboxylic acids is 1. The van der Waals surface area contributed by atoms with Crippen molar-refractivity contribution in [3.63, 3.8) is 0 Å². The number of ketones is 1. The van der Waals surface area contributed by atoms with Gasteiger partial charge in [0.1, 0.15) is 0 Å². The van der Waals surface area contributed by atoms with Crippen LogP contribution >= 0.6 is 0 Å². The highest BCUT2D eigenvalue weighted by Crippen LogP contribution is 2.19. The van der Waals surface area contributed by atoms with Crippen molar-refractivity contribution in [2.45, 2.75) is 38.6 Å². The van der Waals surface area contributed by atoms with Gasteiger partial charge in [-0.3, -0.25) is 9.69 Å². The van der Waals surface area contributed by atoms with Crippen molar-refractivity contribution < 1.29 is 9.53 Å². The number of carbonyl (C=O) groups is 1. The molecular weight excluding hydrogens is 202 g/mol. The van der Waals surface area contributed by atoms with Gasteiger partial charge >= 0.3 is 0 Å². The van der Waals surface area contributed by atoms with Crippen LogP contribution in [0.5, 0.6) is 0 Å². The summed E-state index contributed by atoms with van der Waals surface area (Å²) in [4.78, 5) is 14.3. The lowest BCUT2D eigenvalue weighted by Gasteiger charge is -2.39. The second-order valence-corrected chi connectivity index (χ2v) is 4.64.